The number of benzene rings is 1. The summed E-state index contributed by atoms with van der Waals surface area (Å²) in [5.74, 6) is 0.763. The number of hydrogen-bond donors (Lipinski definition) is 1. The molecule has 11 heteroatoms. The highest BCUT2D eigenvalue weighted by Gasteiger charge is 2.42. The zero-order valence-corrected chi connectivity index (χ0v) is 34.1. The molecular weight excluding hydrogens is 656 g/mol. The number of nitrogens with one attached hydrogen (secondary N) is 1. The van der Waals surface area contributed by atoms with Crippen LogP contribution in [0.2, 0.25) is 0 Å². The lowest BCUT2D eigenvalue weighted by Gasteiger charge is -2.40. The molecule has 0 spiro atoms. The number of likely N-dealkylation sites (N-methyl/N-ethyl adjacent to an activating group) is 1. The third-order valence-electron chi connectivity index (χ3n) is 11.3. The Balaban J connectivity index is 1.78. The van der Waals surface area contributed by atoms with Crippen molar-refractivity contribution in [3.8, 4) is 0 Å². The van der Waals surface area contributed by atoms with Crippen molar-refractivity contribution >= 4 is 23.6 Å². The topological polar surface area (TPSA) is 107 Å². The molecule has 294 valence electrons. The largest absolute Gasteiger partial charge is 0.379 e. The van der Waals surface area contributed by atoms with Gasteiger partial charge in [-0.05, 0) is 42.6 Å². The predicted octanol–water partition coefficient (Wildman–Crippen LogP) is 4.59. The van der Waals surface area contributed by atoms with Crippen molar-refractivity contribution in [1.29, 1.82) is 0 Å². The minimum Gasteiger partial charge on any atom is -0.379 e. The Morgan fingerprint density at radius 2 is 1.60 bits per heavy atom. The second-order valence-corrected chi connectivity index (χ2v) is 15.8. The first-order chi connectivity index (χ1) is 24.7. The molecule has 0 aliphatic carbocycles. The van der Waals surface area contributed by atoms with Gasteiger partial charge in [0.1, 0.15) is 11.8 Å². The first kappa shape index (κ1) is 43.4. The highest BCUT2D eigenvalue weighted by molar-refractivity contribution is 5.88. The summed E-state index contributed by atoms with van der Waals surface area (Å²) in [4.78, 5) is 55.3. The summed E-state index contributed by atoms with van der Waals surface area (Å²) in [5, 5.41) is 3.39. The molecule has 1 N–H and O–H groups in total. The van der Waals surface area contributed by atoms with Crippen molar-refractivity contribution in [3.63, 3.8) is 0 Å². The maximum absolute atomic E-state index is 14.4. The third kappa shape index (κ3) is 11.5. The van der Waals surface area contributed by atoms with Gasteiger partial charge in [0.25, 0.3) is 0 Å². The van der Waals surface area contributed by atoms with Crippen LogP contribution in [0.3, 0.4) is 0 Å². The molecule has 2 fully saturated rings. The number of Topliss-reactive ketones (excluding diaryl/α,β-unsaturated/α-hetero) is 1. The van der Waals surface area contributed by atoms with E-state index in [2.05, 4.69) is 43.1 Å². The molecule has 3 rings (SSSR count). The van der Waals surface area contributed by atoms with E-state index in [4.69, 9.17) is 14.5 Å². The molecule has 2 heterocycles. The lowest BCUT2D eigenvalue weighted by molar-refractivity contribution is -0.146. The van der Waals surface area contributed by atoms with Crippen LogP contribution >= 0.6 is 0 Å². The van der Waals surface area contributed by atoms with E-state index in [1.165, 1.54) is 5.56 Å². The van der Waals surface area contributed by atoms with Crippen molar-refractivity contribution in [3.05, 3.63) is 35.9 Å². The van der Waals surface area contributed by atoms with E-state index < -0.39 is 18.2 Å². The number of carbonyl (C=O) groups excluding carboxylic acids is 3. The van der Waals surface area contributed by atoms with Crippen LogP contribution in [0.15, 0.2) is 35.3 Å². The van der Waals surface area contributed by atoms with Crippen molar-refractivity contribution in [2.24, 2.45) is 28.7 Å². The minimum atomic E-state index is -0.586. The fourth-order valence-electron chi connectivity index (χ4n) is 8.13. The highest BCUT2D eigenvalue weighted by atomic mass is 16.5. The van der Waals surface area contributed by atoms with Crippen LogP contribution in [-0.2, 0) is 30.3 Å². The summed E-state index contributed by atoms with van der Waals surface area (Å²) >= 11 is 0. The van der Waals surface area contributed by atoms with Gasteiger partial charge < -0.3 is 34.4 Å². The van der Waals surface area contributed by atoms with Gasteiger partial charge in [0, 0.05) is 80.4 Å². The minimum absolute atomic E-state index is 0.0320. The number of carbonyl (C=O) groups is 3. The van der Waals surface area contributed by atoms with Gasteiger partial charge in [0.2, 0.25) is 11.8 Å². The molecule has 2 aliphatic rings. The monoisotopic (exact) mass is 727 g/mol. The number of ether oxygens (including phenoxy) is 2. The van der Waals surface area contributed by atoms with Crippen molar-refractivity contribution in [1.82, 2.24) is 24.9 Å². The molecule has 0 saturated carbocycles. The number of likely N-dealkylation sites (tertiary alicyclic amines) is 1. The van der Waals surface area contributed by atoms with Gasteiger partial charge in [-0.3, -0.25) is 14.4 Å². The number of nitrogens with zero attached hydrogens (tertiary/aromatic N) is 5. The van der Waals surface area contributed by atoms with Crippen LogP contribution in [-0.4, -0.2) is 142 Å². The van der Waals surface area contributed by atoms with E-state index >= 15 is 0 Å². The number of rotatable bonds is 18. The SMILES string of the molecule is CC[C@H](C)[C@@H]([C@@H](CC(=O)N1CCC[C@H]1[C@H](OC)[C@@H](C)C(=O)C[C@H](C)Cc1ccccc1)OC)N(C)C(=O)[C@@H](N=C(N(C)C)N1CCNCC1)C(C)C. The Morgan fingerprint density at radius 3 is 2.15 bits per heavy atom. The zero-order chi connectivity index (χ0) is 38.5. The number of hydrogen-bond acceptors (Lipinski definition) is 7. The molecule has 0 radical (unpaired) electrons. The molecule has 1 aromatic carbocycles. The first-order valence-electron chi connectivity index (χ1n) is 19.6. The molecule has 0 bridgehead atoms. The fraction of sp³-hybridized carbons (Fsp3) is 0.756. The number of aliphatic imine (C=N–C) groups is 1. The molecule has 2 amide bonds. The summed E-state index contributed by atoms with van der Waals surface area (Å²) in [6.07, 6.45) is 2.96. The van der Waals surface area contributed by atoms with Gasteiger partial charge in [-0.15, -0.1) is 0 Å². The smallest absolute Gasteiger partial charge is 0.247 e. The summed E-state index contributed by atoms with van der Waals surface area (Å²) in [7, 11) is 9.08. The van der Waals surface area contributed by atoms with Crippen LogP contribution in [0, 0.1) is 23.7 Å². The lowest BCUT2D eigenvalue weighted by atomic mass is 9.86. The second kappa shape index (κ2) is 21.0. The Kier molecular flexibility index (Phi) is 17.5. The predicted molar refractivity (Wildman–Crippen MR) is 209 cm³/mol. The van der Waals surface area contributed by atoms with Crippen molar-refractivity contribution < 1.29 is 23.9 Å². The molecule has 2 aliphatic heterocycles. The Hall–Kier alpha value is -3.02. The van der Waals surface area contributed by atoms with Crippen LogP contribution in [0.1, 0.15) is 79.2 Å². The van der Waals surface area contributed by atoms with Gasteiger partial charge in [-0.1, -0.05) is 78.3 Å². The molecule has 2 saturated heterocycles. The Bertz CT molecular complexity index is 1290. The number of ketones is 1. The van der Waals surface area contributed by atoms with Gasteiger partial charge in [-0.25, -0.2) is 4.99 Å². The molecule has 1 aromatic rings. The maximum Gasteiger partial charge on any atom is 0.247 e. The van der Waals surface area contributed by atoms with Gasteiger partial charge in [0.15, 0.2) is 5.96 Å². The second-order valence-electron chi connectivity index (χ2n) is 15.8. The first-order valence-corrected chi connectivity index (χ1v) is 19.6. The fourth-order valence-corrected chi connectivity index (χ4v) is 8.13. The zero-order valence-electron chi connectivity index (χ0n) is 34.1. The number of methoxy groups -OCH3 is 2. The average Bonchev–Trinajstić information content (AvgIpc) is 3.61. The van der Waals surface area contributed by atoms with Crippen LogP contribution in [0.4, 0.5) is 0 Å². The lowest BCUT2D eigenvalue weighted by Crippen LogP contribution is -2.55. The van der Waals surface area contributed by atoms with Gasteiger partial charge in [-0.2, -0.15) is 0 Å². The normalized spacial score (nSPS) is 20.9. The van der Waals surface area contributed by atoms with Crippen LogP contribution in [0.5, 0.6) is 0 Å². The van der Waals surface area contributed by atoms with E-state index in [-0.39, 0.29) is 59.8 Å². The van der Waals surface area contributed by atoms with Crippen molar-refractivity contribution in [2.75, 3.05) is 68.1 Å². The van der Waals surface area contributed by atoms with E-state index in [9.17, 15) is 14.4 Å². The highest BCUT2D eigenvalue weighted by Crippen LogP contribution is 2.31. The Morgan fingerprint density at radius 1 is 0.942 bits per heavy atom. The standard InChI is InChI=1S/C41H70N6O5/c1-12-30(5)38(45(9)40(50)37(28(2)3)43-41(44(7)8)46-23-20-42-21-24-46)35(51-10)27-36(49)47-22-16-19-33(47)39(52-11)31(6)34(48)26-29(4)25-32-17-14-13-15-18-32/h13-15,17-18,28-31,33,35,37-39,42H,12,16,19-27H2,1-11H3/t29-,30+,31+,33+,35-,37+,38+,39-/m1/s1. The van der Waals surface area contributed by atoms with Gasteiger partial charge in [0.05, 0.1) is 30.7 Å². The Labute approximate surface area is 314 Å². The van der Waals surface area contributed by atoms with Crippen LogP contribution in [0.25, 0.3) is 0 Å². The number of amides is 2. The molecule has 0 aromatic heterocycles. The summed E-state index contributed by atoms with van der Waals surface area (Å²) in [6, 6.07) is 9.14. The molecular formula is C41H70N6O5. The summed E-state index contributed by atoms with van der Waals surface area (Å²) in [5.41, 5.74) is 1.23. The van der Waals surface area contributed by atoms with Gasteiger partial charge >= 0.3 is 0 Å². The average molecular weight is 727 g/mol. The van der Waals surface area contributed by atoms with E-state index in [1.54, 1.807) is 19.1 Å². The number of piperazine rings is 1. The van der Waals surface area contributed by atoms with E-state index in [1.807, 2.05) is 69.9 Å². The summed E-state index contributed by atoms with van der Waals surface area (Å²) in [6.45, 7) is 16.4. The number of guanidine groups is 1. The van der Waals surface area contributed by atoms with Crippen molar-refractivity contribution in [2.45, 2.75) is 110 Å². The van der Waals surface area contributed by atoms with E-state index in [0.29, 0.717) is 13.0 Å². The van der Waals surface area contributed by atoms with Crippen LogP contribution < -0.4 is 5.32 Å². The summed E-state index contributed by atoms with van der Waals surface area (Å²) < 4.78 is 12.1. The maximum atomic E-state index is 14.4. The third-order valence-corrected chi connectivity index (χ3v) is 11.3. The van der Waals surface area contributed by atoms with E-state index in [0.717, 1.165) is 57.8 Å². The molecule has 52 heavy (non-hydrogen) atoms. The molecule has 0 unspecified atom stereocenters. The quantitative estimate of drug-likeness (QED) is 0.173. The molecule has 11 nitrogen and oxygen atoms in total. The molecule has 8 atom stereocenters.